The van der Waals surface area contributed by atoms with E-state index in [0.717, 1.165) is 5.56 Å². The SMILES string of the molecule is C.C.COC(=O)C(Br)c1ccc(Cl)cc1.COCc1coc(-c2cc(Cl)ccc2O)n1.COCc1coc(-c2cc(Cl)ccc2OC(C(=O)O)c2ccc(Cl)cc2)n1. The van der Waals surface area contributed by atoms with Crippen molar-refractivity contribution in [1.29, 1.82) is 0 Å². The molecule has 17 heteroatoms. The first kappa shape index (κ1) is 49.5. The third kappa shape index (κ3) is 14.3. The average molecular weight is 943 g/mol. The normalized spacial score (nSPS) is 11.2. The summed E-state index contributed by atoms with van der Waals surface area (Å²) in [5.74, 6) is -0.539. The van der Waals surface area contributed by atoms with Crippen LogP contribution in [0.2, 0.25) is 20.1 Å². The van der Waals surface area contributed by atoms with Crippen molar-refractivity contribution in [3.63, 3.8) is 0 Å². The Kier molecular flexibility index (Phi) is 20.8. The topological polar surface area (TPSA) is 164 Å². The minimum Gasteiger partial charge on any atom is -0.507 e. The van der Waals surface area contributed by atoms with Gasteiger partial charge in [-0.1, -0.05) is 101 Å². The molecular formula is C41H41BrCl4N2O10. The number of carboxylic acid groups (broad SMARTS) is 1. The number of ether oxygens (including phenoxy) is 4. The van der Waals surface area contributed by atoms with Gasteiger partial charge in [-0.05, 0) is 66.2 Å². The van der Waals surface area contributed by atoms with E-state index in [0.29, 0.717) is 60.7 Å². The molecule has 0 amide bonds. The quantitative estimate of drug-likeness (QED) is 0.0883. The molecule has 0 aliphatic carbocycles. The van der Waals surface area contributed by atoms with Gasteiger partial charge < -0.3 is 38.0 Å². The lowest BCUT2D eigenvalue weighted by atomic mass is 10.1. The Bertz CT molecular complexity index is 2200. The van der Waals surface area contributed by atoms with Gasteiger partial charge in [0.15, 0.2) is 0 Å². The van der Waals surface area contributed by atoms with Crippen LogP contribution in [0.3, 0.4) is 0 Å². The molecule has 2 heterocycles. The predicted octanol–water partition coefficient (Wildman–Crippen LogP) is 12.1. The summed E-state index contributed by atoms with van der Waals surface area (Å²) < 4.78 is 31.0. The molecule has 2 atom stereocenters. The maximum atomic E-state index is 11.8. The third-order valence-electron chi connectivity index (χ3n) is 7.26. The summed E-state index contributed by atoms with van der Waals surface area (Å²) in [4.78, 5) is 30.9. The van der Waals surface area contributed by atoms with E-state index >= 15 is 0 Å². The molecule has 0 saturated heterocycles. The number of halogens is 5. The number of hydrogen-bond acceptors (Lipinski definition) is 11. The Labute approximate surface area is 364 Å². The molecule has 0 saturated carbocycles. The molecule has 58 heavy (non-hydrogen) atoms. The molecule has 2 N–H and O–H groups in total. The number of carboxylic acids is 1. The van der Waals surface area contributed by atoms with E-state index in [1.54, 1.807) is 93.1 Å². The smallest absolute Gasteiger partial charge is 0.349 e. The highest BCUT2D eigenvalue weighted by molar-refractivity contribution is 9.09. The lowest BCUT2D eigenvalue weighted by Gasteiger charge is -2.17. The number of esters is 1. The Morgan fingerprint density at radius 3 is 1.62 bits per heavy atom. The second kappa shape index (κ2) is 24.4. The number of rotatable bonds is 12. The zero-order valence-electron chi connectivity index (χ0n) is 29.8. The lowest BCUT2D eigenvalue weighted by molar-refractivity contribution is -0.145. The Morgan fingerprint density at radius 1 is 0.690 bits per heavy atom. The van der Waals surface area contributed by atoms with Crippen LogP contribution in [0.15, 0.2) is 106 Å². The van der Waals surface area contributed by atoms with Gasteiger partial charge in [0.2, 0.25) is 17.9 Å². The molecule has 0 spiro atoms. The van der Waals surface area contributed by atoms with Gasteiger partial charge in [0.05, 0.1) is 31.5 Å². The molecule has 0 fully saturated rings. The highest BCUT2D eigenvalue weighted by atomic mass is 79.9. The number of hydrogen-bond donors (Lipinski definition) is 2. The molecule has 6 aromatic rings. The van der Waals surface area contributed by atoms with Crippen molar-refractivity contribution < 1.29 is 47.6 Å². The van der Waals surface area contributed by atoms with E-state index in [4.69, 9.17) is 69.4 Å². The fourth-order valence-electron chi connectivity index (χ4n) is 4.64. The van der Waals surface area contributed by atoms with Crippen LogP contribution >= 0.6 is 62.3 Å². The van der Waals surface area contributed by atoms with E-state index in [2.05, 4.69) is 30.6 Å². The Balaban J connectivity index is 0.000000320. The highest BCUT2D eigenvalue weighted by Crippen LogP contribution is 2.36. The van der Waals surface area contributed by atoms with E-state index < -0.39 is 16.9 Å². The summed E-state index contributed by atoms with van der Waals surface area (Å²) in [6.45, 7) is 0.646. The fraction of sp³-hybridized carbons (Fsp3) is 0.220. The average Bonchev–Trinajstić information content (AvgIpc) is 3.86. The second-order valence-corrected chi connectivity index (χ2v) is 13.9. The molecule has 2 unspecified atom stereocenters. The van der Waals surface area contributed by atoms with E-state index in [1.165, 1.54) is 25.7 Å². The van der Waals surface area contributed by atoms with Crippen LogP contribution in [0.4, 0.5) is 0 Å². The number of nitrogens with zero attached hydrogens (tertiary/aromatic N) is 2. The summed E-state index contributed by atoms with van der Waals surface area (Å²) in [6, 6.07) is 22.9. The van der Waals surface area contributed by atoms with Crippen LogP contribution in [0.5, 0.6) is 11.5 Å². The summed E-state index contributed by atoms with van der Waals surface area (Å²) in [5.41, 5.74) is 3.43. The number of alkyl halides is 1. The molecule has 4 aromatic carbocycles. The molecule has 2 aromatic heterocycles. The van der Waals surface area contributed by atoms with Gasteiger partial charge in [-0.25, -0.2) is 14.8 Å². The number of carbonyl (C=O) groups is 2. The van der Waals surface area contributed by atoms with Gasteiger partial charge in [0.1, 0.15) is 40.2 Å². The van der Waals surface area contributed by atoms with Crippen LogP contribution < -0.4 is 4.74 Å². The van der Waals surface area contributed by atoms with Gasteiger partial charge >= 0.3 is 11.9 Å². The minimum atomic E-state index is -1.24. The number of phenols is 1. The number of oxazole rings is 2. The number of aromatic hydroxyl groups is 1. The maximum absolute atomic E-state index is 11.8. The monoisotopic (exact) mass is 940 g/mol. The first-order valence-corrected chi connectivity index (χ1v) is 18.5. The van der Waals surface area contributed by atoms with Crippen LogP contribution in [-0.2, 0) is 37.0 Å². The Morgan fingerprint density at radius 2 is 1.14 bits per heavy atom. The van der Waals surface area contributed by atoms with Crippen molar-refractivity contribution in [3.05, 3.63) is 140 Å². The standard InChI is InChI=1S/C19H15Cl2NO5.C11H10ClNO3.C9H8BrClO2.2CH4/c1-25-9-14-10-26-18(22-14)15-8-13(21)6-7-16(15)27-17(19(23)24)11-2-4-12(20)5-3-11;1-15-5-8-6-16-11(13-8)9-4-7(12)2-3-10(9)14;1-13-9(12)8(10)6-2-4-7(11)5-3-6;;/h2-8,10,17H,9H2,1H3,(H,23,24);2-4,6,14H,5H2,1H3;2-5,8H,1H3;2*1H4. The molecule has 6 rings (SSSR count). The van der Waals surface area contributed by atoms with Crippen molar-refractivity contribution >= 4 is 74.3 Å². The van der Waals surface area contributed by atoms with E-state index in [9.17, 15) is 19.8 Å². The molecule has 0 radical (unpaired) electrons. The van der Waals surface area contributed by atoms with Crippen LogP contribution in [0.25, 0.3) is 22.9 Å². The fourth-order valence-corrected chi connectivity index (χ4v) is 5.73. The second-order valence-electron chi connectivity index (χ2n) is 11.3. The minimum absolute atomic E-state index is 0. The van der Waals surface area contributed by atoms with Crippen molar-refractivity contribution in [2.75, 3.05) is 21.3 Å². The molecule has 0 bridgehead atoms. The number of methoxy groups -OCH3 is 3. The highest BCUT2D eigenvalue weighted by Gasteiger charge is 2.25. The van der Waals surface area contributed by atoms with Crippen molar-refractivity contribution in [3.8, 4) is 34.4 Å². The van der Waals surface area contributed by atoms with Crippen LogP contribution in [-0.4, -0.2) is 53.4 Å². The first-order valence-electron chi connectivity index (χ1n) is 16.1. The van der Waals surface area contributed by atoms with Gasteiger partial charge in [0, 0.05) is 39.9 Å². The maximum Gasteiger partial charge on any atom is 0.349 e. The number of aliphatic carboxylic acids is 1. The van der Waals surface area contributed by atoms with E-state index in [-0.39, 0.29) is 44.8 Å². The number of phenolic OH excluding ortho intramolecular Hbond substituents is 1. The third-order valence-corrected chi connectivity index (χ3v) is 9.14. The number of carbonyl (C=O) groups excluding carboxylic acids is 1. The Hall–Kier alpha value is -4.60. The largest absolute Gasteiger partial charge is 0.507 e. The van der Waals surface area contributed by atoms with Crippen molar-refractivity contribution in [2.45, 2.75) is 39.0 Å². The molecule has 0 aliphatic heterocycles. The molecule has 12 nitrogen and oxygen atoms in total. The summed E-state index contributed by atoms with van der Waals surface area (Å²) >= 11 is 26.7. The first-order chi connectivity index (χ1) is 26.8. The van der Waals surface area contributed by atoms with Gasteiger partial charge in [0.25, 0.3) is 0 Å². The summed E-state index contributed by atoms with van der Waals surface area (Å²) in [6.07, 6.45) is 1.70. The van der Waals surface area contributed by atoms with Crippen molar-refractivity contribution in [1.82, 2.24) is 9.97 Å². The molecule has 310 valence electrons. The van der Waals surface area contributed by atoms with Crippen LogP contribution in [0.1, 0.15) is 48.3 Å². The van der Waals surface area contributed by atoms with Crippen molar-refractivity contribution in [2.24, 2.45) is 0 Å². The molecular weight excluding hydrogens is 902 g/mol. The van der Waals surface area contributed by atoms with Gasteiger partial charge in [-0.3, -0.25) is 4.79 Å². The zero-order valence-corrected chi connectivity index (χ0v) is 34.4. The van der Waals surface area contributed by atoms with Crippen LogP contribution in [0, 0.1) is 0 Å². The number of benzene rings is 4. The zero-order chi connectivity index (χ0) is 40.8. The van der Waals surface area contributed by atoms with Gasteiger partial charge in [-0.15, -0.1) is 0 Å². The summed E-state index contributed by atoms with van der Waals surface area (Å²) in [5, 5.41) is 21.3. The summed E-state index contributed by atoms with van der Waals surface area (Å²) in [7, 11) is 4.48. The lowest BCUT2D eigenvalue weighted by Crippen LogP contribution is -2.18. The molecule has 0 aliphatic rings. The predicted molar refractivity (Wildman–Crippen MR) is 228 cm³/mol. The van der Waals surface area contributed by atoms with E-state index in [1.807, 2.05) is 0 Å². The van der Waals surface area contributed by atoms with Gasteiger partial charge in [-0.2, -0.15) is 0 Å². The number of aromatic nitrogens is 2.